The van der Waals surface area contributed by atoms with Crippen LogP contribution in [0.1, 0.15) is 24.4 Å². The molecule has 0 radical (unpaired) electrons. The number of aryl methyl sites for hydroxylation is 1. The Kier molecular flexibility index (Phi) is 3.24. The molecule has 0 saturated heterocycles. The van der Waals surface area contributed by atoms with Gasteiger partial charge in [0.1, 0.15) is 5.82 Å². The molecule has 0 aliphatic heterocycles. The topological polar surface area (TPSA) is 38.1 Å². The largest absolute Gasteiger partial charge is 0.439 e. The first-order valence-corrected chi connectivity index (χ1v) is 5.52. The van der Waals surface area contributed by atoms with Crippen LogP contribution >= 0.6 is 0 Å². The lowest BCUT2D eigenvalue weighted by molar-refractivity contribution is 0.439. The number of halogens is 1. The summed E-state index contributed by atoms with van der Waals surface area (Å²) in [5, 5.41) is 3.02. The van der Waals surface area contributed by atoms with Gasteiger partial charge in [0, 0.05) is 0 Å². The molecule has 1 N–H and O–H groups in total. The molecule has 0 aliphatic rings. The highest BCUT2D eigenvalue weighted by Gasteiger charge is 2.14. The number of hydrogen-bond acceptors (Lipinski definition) is 3. The van der Waals surface area contributed by atoms with Gasteiger partial charge in [0.25, 0.3) is 0 Å². The average Bonchev–Trinajstić information content (AvgIpc) is 2.81. The molecule has 3 nitrogen and oxygen atoms in total. The zero-order valence-corrected chi connectivity index (χ0v) is 10.1. The van der Waals surface area contributed by atoms with Gasteiger partial charge in [-0.2, -0.15) is 0 Å². The summed E-state index contributed by atoms with van der Waals surface area (Å²) in [5.41, 5.74) is 1.05. The first kappa shape index (κ1) is 11.8. The molecule has 1 unspecified atom stereocenters. The van der Waals surface area contributed by atoms with Crippen molar-refractivity contribution in [3.05, 3.63) is 41.7 Å². The highest BCUT2D eigenvalue weighted by Crippen LogP contribution is 2.26. The number of aromatic nitrogens is 1. The SMILES string of the molecule is CNC(C)c1ncc(-c2cccc(C)c2F)o1. The van der Waals surface area contributed by atoms with Crippen LogP contribution in [0.2, 0.25) is 0 Å². The van der Waals surface area contributed by atoms with Crippen LogP contribution < -0.4 is 5.32 Å². The second-order valence-electron chi connectivity index (χ2n) is 4.01. The van der Waals surface area contributed by atoms with E-state index >= 15 is 0 Å². The molecule has 2 rings (SSSR count). The van der Waals surface area contributed by atoms with Crippen LogP contribution in [0.5, 0.6) is 0 Å². The number of hydrogen-bond donors (Lipinski definition) is 1. The monoisotopic (exact) mass is 234 g/mol. The van der Waals surface area contributed by atoms with Gasteiger partial charge in [-0.25, -0.2) is 9.37 Å². The Hall–Kier alpha value is -1.68. The Morgan fingerprint density at radius 1 is 1.41 bits per heavy atom. The normalized spacial score (nSPS) is 12.7. The quantitative estimate of drug-likeness (QED) is 0.886. The lowest BCUT2D eigenvalue weighted by Crippen LogP contribution is -2.12. The molecular formula is C13H15FN2O. The Balaban J connectivity index is 2.40. The average molecular weight is 234 g/mol. The predicted molar refractivity (Wildman–Crippen MR) is 64.1 cm³/mol. The van der Waals surface area contributed by atoms with Crippen molar-refractivity contribution >= 4 is 0 Å². The van der Waals surface area contributed by atoms with Gasteiger partial charge in [-0.3, -0.25) is 0 Å². The summed E-state index contributed by atoms with van der Waals surface area (Å²) in [7, 11) is 1.82. The molecule has 1 heterocycles. The van der Waals surface area contributed by atoms with Crippen LogP contribution in [-0.2, 0) is 0 Å². The molecule has 0 fully saturated rings. The van der Waals surface area contributed by atoms with E-state index in [0.29, 0.717) is 22.8 Å². The second kappa shape index (κ2) is 4.67. The van der Waals surface area contributed by atoms with Crippen LogP contribution in [0, 0.1) is 12.7 Å². The van der Waals surface area contributed by atoms with E-state index in [2.05, 4.69) is 10.3 Å². The zero-order valence-electron chi connectivity index (χ0n) is 10.1. The highest BCUT2D eigenvalue weighted by atomic mass is 19.1. The molecule has 0 spiro atoms. The van der Waals surface area contributed by atoms with Gasteiger partial charge in [0.2, 0.25) is 5.89 Å². The van der Waals surface area contributed by atoms with Crippen LogP contribution in [0.15, 0.2) is 28.8 Å². The summed E-state index contributed by atoms with van der Waals surface area (Å²) in [4.78, 5) is 4.14. The summed E-state index contributed by atoms with van der Waals surface area (Å²) in [6.45, 7) is 3.66. The molecule has 0 saturated carbocycles. The fourth-order valence-electron chi connectivity index (χ4n) is 1.57. The standard InChI is InChI=1S/C13H15FN2O/c1-8-5-4-6-10(12(8)14)11-7-16-13(17-11)9(2)15-3/h4-7,9,15H,1-3H3. The Labute approximate surface area is 99.7 Å². The third-order valence-electron chi connectivity index (χ3n) is 2.78. The number of oxazole rings is 1. The summed E-state index contributed by atoms with van der Waals surface area (Å²) in [6.07, 6.45) is 1.56. The third kappa shape index (κ3) is 2.22. The van der Waals surface area contributed by atoms with Gasteiger partial charge in [0.15, 0.2) is 5.76 Å². The van der Waals surface area contributed by atoms with Crippen LogP contribution in [-0.4, -0.2) is 12.0 Å². The van der Waals surface area contributed by atoms with Crippen molar-refractivity contribution in [2.75, 3.05) is 7.05 Å². The minimum absolute atomic E-state index is 0.0108. The Morgan fingerprint density at radius 2 is 2.18 bits per heavy atom. The van der Waals surface area contributed by atoms with E-state index in [1.807, 2.05) is 14.0 Å². The van der Waals surface area contributed by atoms with Crippen molar-refractivity contribution in [1.82, 2.24) is 10.3 Å². The van der Waals surface area contributed by atoms with Crippen molar-refractivity contribution in [2.24, 2.45) is 0 Å². The molecule has 17 heavy (non-hydrogen) atoms. The second-order valence-corrected chi connectivity index (χ2v) is 4.01. The minimum Gasteiger partial charge on any atom is -0.439 e. The van der Waals surface area contributed by atoms with Crippen molar-refractivity contribution in [2.45, 2.75) is 19.9 Å². The molecule has 4 heteroatoms. The molecule has 0 bridgehead atoms. The minimum atomic E-state index is -0.257. The lowest BCUT2D eigenvalue weighted by atomic mass is 10.1. The maximum atomic E-state index is 13.9. The lowest BCUT2D eigenvalue weighted by Gasteiger charge is -2.04. The molecule has 90 valence electrons. The van der Waals surface area contributed by atoms with Gasteiger partial charge < -0.3 is 9.73 Å². The molecule has 1 aromatic carbocycles. The summed E-state index contributed by atoms with van der Waals surface area (Å²) >= 11 is 0. The van der Waals surface area contributed by atoms with Crippen molar-refractivity contribution in [3.63, 3.8) is 0 Å². The molecule has 1 atom stereocenters. The fourth-order valence-corrected chi connectivity index (χ4v) is 1.57. The van der Waals surface area contributed by atoms with Gasteiger partial charge in [-0.05, 0) is 32.5 Å². The summed E-state index contributed by atoms with van der Waals surface area (Å²) in [6, 6.07) is 5.23. The van der Waals surface area contributed by atoms with Gasteiger partial charge in [-0.1, -0.05) is 12.1 Å². The molecule has 2 aromatic rings. The van der Waals surface area contributed by atoms with E-state index in [-0.39, 0.29) is 11.9 Å². The van der Waals surface area contributed by atoms with Gasteiger partial charge >= 0.3 is 0 Å². The van der Waals surface area contributed by atoms with E-state index in [0.717, 1.165) is 0 Å². The van der Waals surface area contributed by atoms with Crippen LogP contribution in [0.3, 0.4) is 0 Å². The first-order valence-electron chi connectivity index (χ1n) is 5.52. The highest BCUT2D eigenvalue weighted by molar-refractivity contribution is 5.58. The Bertz CT molecular complexity index is 522. The molecule has 1 aromatic heterocycles. The van der Waals surface area contributed by atoms with E-state index < -0.39 is 0 Å². The van der Waals surface area contributed by atoms with Gasteiger partial charge in [-0.15, -0.1) is 0 Å². The zero-order chi connectivity index (χ0) is 12.4. The maximum Gasteiger partial charge on any atom is 0.211 e. The molecule has 0 aliphatic carbocycles. The van der Waals surface area contributed by atoms with Crippen LogP contribution in [0.25, 0.3) is 11.3 Å². The predicted octanol–water partition coefficient (Wildman–Crippen LogP) is 3.07. The number of nitrogens with one attached hydrogen (secondary N) is 1. The van der Waals surface area contributed by atoms with E-state index in [1.54, 1.807) is 31.3 Å². The summed E-state index contributed by atoms with van der Waals surface area (Å²) in [5.74, 6) is 0.763. The Morgan fingerprint density at radius 3 is 2.88 bits per heavy atom. The van der Waals surface area contributed by atoms with Gasteiger partial charge in [0.05, 0.1) is 17.8 Å². The summed E-state index contributed by atoms with van der Waals surface area (Å²) < 4.78 is 19.4. The van der Waals surface area contributed by atoms with Crippen molar-refractivity contribution < 1.29 is 8.81 Å². The van der Waals surface area contributed by atoms with Crippen molar-refractivity contribution in [1.29, 1.82) is 0 Å². The van der Waals surface area contributed by atoms with Crippen LogP contribution in [0.4, 0.5) is 4.39 Å². The van der Waals surface area contributed by atoms with E-state index in [1.165, 1.54) is 0 Å². The molecule has 0 amide bonds. The molecular weight excluding hydrogens is 219 g/mol. The fraction of sp³-hybridized carbons (Fsp3) is 0.308. The first-order chi connectivity index (χ1) is 8.13. The van der Waals surface area contributed by atoms with E-state index in [4.69, 9.17) is 4.42 Å². The maximum absolute atomic E-state index is 13.9. The number of rotatable bonds is 3. The smallest absolute Gasteiger partial charge is 0.211 e. The van der Waals surface area contributed by atoms with Crippen molar-refractivity contribution in [3.8, 4) is 11.3 Å². The number of nitrogens with zero attached hydrogens (tertiary/aromatic N) is 1. The van der Waals surface area contributed by atoms with E-state index in [9.17, 15) is 4.39 Å². The number of benzene rings is 1. The third-order valence-corrected chi connectivity index (χ3v) is 2.78.